The lowest BCUT2D eigenvalue weighted by Crippen LogP contribution is -2.61. The fraction of sp³-hybridized carbons (Fsp3) is 0.127. The molecular weight excluding hydrogens is 729 g/mol. The van der Waals surface area contributed by atoms with Crippen molar-refractivity contribution < 1.29 is 4.42 Å². The van der Waals surface area contributed by atoms with Gasteiger partial charge in [-0.15, -0.1) is 0 Å². The summed E-state index contributed by atoms with van der Waals surface area (Å²) < 4.78 is 6.83. The standard InChI is InChI=1S/C55H46BN3O/c1-34(2)39-22-24-40(25-23-39)57(48-18-11-17-45-44-16-7-8-19-53(44)60-55(45)48)43-32-51-54-52(33-43)59(42-15-10-13-36(4)29-42)50-31-38(6)21-27-47(50)56(54)46-26-20-37(5)30-49(46)58(51)41-14-9-12-35(3)28-41/h7-34H,1-6H3. The summed E-state index contributed by atoms with van der Waals surface area (Å²) in [5.41, 5.74) is 22.0. The van der Waals surface area contributed by atoms with Crippen LogP contribution in [0.25, 0.3) is 21.9 Å². The fourth-order valence-electron chi connectivity index (χ4n) is 9.76. The number of benzene rings is 8. The molecule has 0 saturated heterocycles. The van der Waals surface area contributed by atoms with Gasteiger partial charge in [-0.05, 0) is 151 Å². The molecule has 9 aromatic rings. The molecule has 3 heterocycles. The second-order valence-corrected chi connectivity index (χ2v) is 17.1. The molecule has 0 N–H and O–H groups in total. The Labute approximate surface area is 353 Å². The first-order valence-corrected chi connectivity index (χ1v) is 21.1. The molecule has 8 aromatic carbocycles. The van der Waals surface area contributed by atoms with Crippen molar-refractivity contribution in [3.63, 3.8) is 0 Å². The largest absolute Gasteiger partial charge is 0.454 e. The summed E-state index contributed by atoms with van der Waals surface area (Å²) in [7, 11) is 0. The zero-order valence-corrected chi connectivity index (χ0v) is 35.0. The van der Waals surface area contributed by atoms with E-state index in [0.29, 0.717) is 5.92 Å². The van der Waals surface area contributed by atoms with E-state index in [1.54, 1.807) is 0 Å². The maximum Gasteiger partial charge on any atom is 0.252 e. The zero-order chi connectivity index (χ0) is 40.8. The van der Waals surface area contributed by atoms with Gasteiger partial charge in [0.15, 0.2) is 5.58 Å². The Kier molecular flexibility index (Phi) is 8.32. The van der Waals surface area contributed by atoms with Crippen LogP contribution in [-0.4, -0.2) is 6.71 Å². The number of nitrogens with zero attached hydrogens (tertiary/aromatic N) is 3. The number of para-hydroxylation sites is 2. The minimum atomic E-state index is 0.0231. The van der Waals surface area contributed by atoms with Crippen molar-refractivity contribution in [2.45, 2.75) is 47.5 Å². The number of rotatable bonds is 6. The summed E-state index contributed by atoms with van der Waals surface area (Å²) in [6.45, 7) is 13.3. The lowest BCUT2D eigenvalue weighted by molar-refractivity contribution is 0.669. The Morgan fingerprint density at radius 3 is 1.62 bits per heavy atom. The average molecular weight is 776 g/mol. The smallest absolute Gasteiger partial charge is 0.252 e. The van der Waals surface area contributed by atoms with Crippen LogP contribution in [-0.2, 0) is 0 Å². The van der Waals surface area contributed by atoms with Gasteiger partial charge >= 0.3 is 0 Å². The highest BCUT2D eigenvalue weighted by Gasteiger charge is 2.44. The van der Waals surface area contributed by atoms with Gasteiger partial charge in [0.1, 0.15) is 5.58 Å². The maximum absolute atomic E-state index is 6.83. The van der Waals surface area contributed by atoms with Crippen LogP contribution in [0.3, 0.4) is 0 Å². The van der Waals surface area contributed by atoms with Crippen LogP contribution in [0, 0.1) is 27.7 Å². The molecule has 0 saturated carbocycles. The molecule has 0 fully saturated rings. The number of hydrogen-bond acceptors (Lipinski definition) is 4. The van der Waals surface area contributed by atoms with Gasteiger partial charge in [-0.2, -0.15) is 0 Å². The van der Waals surface area contributed by atoms with Crippen LogP contribution in [0.15, 0.2) is 168 Å². The van der Waals surface area contributed by atoms with Gasteiger partial charge in [-0.25, -0.2) is 0 Å². The van der Waals surface area contributed by atoms with E-state index < -0.39 is 0 Å². The molecule has 60 heavy (non-hydrogen) atoms. The molecular formula is C55H46BN3O. The van der Waals surface area contributed by atoms with Gasteiger partial charge in [0.2, 0.25) is 0 Å². The van der Waals surface area contributed by atoms with E-state index in [0.717, 1.165) is 50.4 Å². The maximum atomic E-state index is 6.83. The molecule has 290 valence electrons. The lowest BCUT2D eigenvalue weighted by atomic mass is 9.33. The molecule has 0 radical (unpaired) electrons. The minimum absolute atomic E-state index is 0.0231. The summed E-state index contributed by atoms with van der Waals surface area (Å²) in [6, 6.07) is 60.9. The number of aryl methyl sites for hydroxylation is 4. The molecule has 0 bridgehead atoms. The molecule has 2 aliphatic heterocycles. The van der Waals surface area contributed by atoms with E-state index in [-0.39, 0.29) is 6.71 Å². The fourth-order valence-corrected chi connectivity index (χ4v) is 9.76. The van der Waals surface area contributed by atoms with Gasteiger partial charge in [0, 0.05) is 50.6 Å². The Morgan fingerprint density at radius 1 is 0.483 bits per heavy atom. The van der Waals surface area contributed by atoms with Crippen molar-refractivity contribution in [2.75, 3.05) is 14.7 Å². The average Bonchev–Trinajstić information content (AvgIpc) is 3.63. The third-order valence-electron chi connectivity index (χ3n) is 12.6. The Balaban J connectivity index is 1.28. The molecule has 4 nitrogen and oxygen atoms in total. The summed E-state index contributed by atoms with van der Waals surface area (Å²) in [5, 5.41) is 2.21. The number of furan rings is 1. The van der Waals surface area contributed by atoms with Gasteiger partial charge in [0.05, 0.1) is 11.4 Å². The monoisotopic (exact) mass is 775 g/mol. The Bertz CT molecular complexity index is 3040. The highest BCUT2D eigenvalue weighted by molar-refractivity contribution is 7.00. The third kappa shape index (κ3) is 5.67. The van der Waals surface area contributed by atoms with Gasteiger partial charge in [-0.3, -0.25) is 0 Å². The van der Waals surface area contributed by atoms with Crippen molar-refractivity contribution in [3.8, 4) is 0 Å². The first-order chi connectivity index (χ1) is 29.2. The van der Waals surface area contributed by atoms with Crippen LogP contribution in [0.5, 0.6) is 0 Å². The van der Waals surface area contributed by atoms with E-state index in [4.69, 9.17) is 4.42 Å². The van der Waals surface area contributed by atoms with E-state index in [1.807, 2.05) is 0 Å². The molecule has 0 unspecified atom stereocenters. The first kappa shape index (κ1) is 36.1. The van der Waals surface area contributed by atoms with Gasteiger partial charge in [-0.1, -0.05) is 105 Å². The van der Waals surface area contributed by atoms with E-state index >= 15 is 0 Å². The Hall–Kier alpha value is -6.98. The number of hydrogen-bond donors (Lipinski definition) is 0. The zero-order valence-electron chi connectivity index (χ0n) is 35.0. The quantitative estimate of drug-likeness (QED) is 0.157. The molecule has 0 aliphatic carbocycles. The summed E-state index contributed by atoms with van der Waals surface area (Å²) in [4.78, 5) is 7.45. The minimum Gasteiger partial charge on any atom is -0.454 e. The number of fused-ring (bicyclic) bond motifs is 7. The van der Waals surface area contributed by atoms with Crippen LogP contribution in [0.2, 0.25) is 0 Å². The van der Waals surface area contributed by atoms with Crippen molar-refractivity contribution in [1.29, 1.82) is 0 Å². The second kappa shape index (κ2) is 13.8. The highest BCUT2D eigenvalue weighted by Crippen LogP contribution is 2.50. The van der Waals surface area contributed by atoms with Crippen LogP contribution >= 0.6 is 0 Å². The summed E-state index contributed by atoms with van der Waals surface area (Å²) >= 11 is 0. The van der Waals surface area contributed by atoms with E-state index in [1.165, 1.54) is 67.0 Å². The molecule has 1 aromatic heterocycles. The summed E-state index contributed by atoms with van der Waals surface area (Å²) in [5.74, 6) is 0.411. The first-order valence-electron chi connectivity index (χ1n) is 21.1. The highest BCUT2D eigenvalue weighted by atomic mass is 16.3. The molecule has 0 spiro atoms. The van der Waals surface area contributed by atoms with Gasteiger partial charge in [0.25, 0.3) is 6.71 Å². The van der Waals surface area contributed by atoms with Gasteiger partial charge < -0.3 is 19.1 Å². The lowest BCUT2D eigenvalue weighted by Gasteiger charge is -2.45. The second-order valence-electron chi connectivity index (χ2n) is 17.1. The van der Waals surface area contributed by atoms with Crippen molar-refractivity contribution >= 4 is 96.2 Å². The third-order valence-corrected chi connectivity index (χ3v) is 12.6. The van der Waals surface area contributed by atoms with Crippen molar-refractivity contribution in [3.05, 3.63) is 192 Å². The molecule has 0 atom stereocenters. The SMILES string of the molecule is Cc1cccc(N2c3cc(C)ccc3B3c4ccc(C)cc4N(c4cccc(C)c4)c4cc(N(c5ccc(C(C)C)cc5)c5cccc6c5oc5ccccc56)cc2c43)c1. The van der Waals surface area contributed by atoms with Crippen molar-refractivity contribution in [1.82, 2.24) is 0 Å². The van der Waals surface area contributed by atoms with Crippen molar-refractivity contribution in [2.24, 2.45) is 0 Å². The predicted molar refractivity (Wildman–Crippen MR) is 255 cm³/mol. The van der Waals surface area contributed by atoms with Crippen LogP contribution in [0.1, 0.15) is 47.6 Å². The predicted octanol–water partition coefficient (Wildman–Crippen LogP) is 13.5. The topological polar surface area (TPSA) is 22.9 Å². The molecule has 0 amide bonds. The molecule has 5 heteroatoms. The Morgan fingerprint density at radius 2 is 1.03 bits per heavy atom. The van der Waals surface area contributed by atoms with E-state index in [2.05, 4.69) is 220 Å². The van der Waals surface area contributed by atoms with Crippen LogP contribution < -0.4 is 31.1 Å². The normalized spacial score (nSPS) is 12.9. The summed E-state index contributed by atoms with van der Waals surface area (Å²) in [6.07, 6.45) is 0. The number of anilines is 9. The van der Waals surface area contributed by atoms with E-state index in [9.17, 15) is 0 Å². The van der Waals surface area contributed by atoms with Crippen LogP contribution in [0.4, 0.5) is 51.2 Å². The molecule has 11 rings (SSSR count). The molecule has 2 aliphatic rings.